The summed E-state index contributed by atoms with van der Waals surface area (Å²) >= 11 is 0. The number of hydrogen-bond acceptors (Lipinski definition) is 7. The Morgan fingerprint density at radius 2 is 1.78 bits per heavy atom. The third-order valence-electron chi connectivity index (χ3n) is 5.41. The molecule has 0 bridgehead atoms. The van der Waals surface area contributed by atoms with Crippen LogP contribution in [0, 0.1) is 6.92 Å². The van der Waals surface area contributed by atoms with E-state index in [-0.39, 0.29) is 24.1 Å². The number of nitrogens with one attached hydrogen (secondary N) is 1. The lowest BCUT2D eigenvalue weighted by atomic mass is 10.0. The molecule has 27 heavy (non-hydrogen) atoms. The highest BCUT2D eigenvalue weighted by atomic mass is 32.2. The molecule has 0 aromatic heterocycles. The molecule has 2 heterocycles. The number of hydrogen-bond donors (Lipinski definition) is 3. The van der Waals surface area contributed by atoms with E-state index < -0.39 is 28.3 Å². The molecule has 3 N–H and O–H groups in total. The van der Waals surface area contributed by atoms with Crippen LogP contribution in [0.4, 0.5) is 0 Å². The predicted molar refractivity (Wildman–Crippen MR) is 101 cm³/mol. The monoisotopic (exact) mass is 399 g/mol. The lowest BCUT2D eigenvalue weighted by Gasteiger charge is -2.39. The number of likely N-dealkylation sites (N-methyl/N-ethyl adjacent to an activating group) is 1. The molecule has 9 heteroatoms. The van der Waals surface area contributed by atoms with E-state index in [1.165, 1.54) is 0 Å². The zero-order chi connectivity index (χ0) is 19.6. The average molecular weight is 400 g/mol. The minimum atomic E-state index is -3.67. The summed E-state index contributed by atoms with van der Waals surface area (Å²) in [6.07, 6.45) is -2.09. The van der Waals surface area contributed by atoms with Gasteiger partial charge in [0.1, 0.15) is 12.2 Å². The molecule has 2 saturated heterocycles. The topological polar surface area (TPSA) is 102 Å². The average Bonchev–Trinajstić information content (AvgIpc) is 2.97. The smallest absolute Gasteiger partial charge is 0.240 e. The van der Waals surface area contributed by atoms with Gasteiger partial charge in [-0.05, 0) is 26.1 Å². The number of nitrogens with zero attached hydrogens (tertiary/aromatic N) is 2. The van der Waals surface area contributed by atoms with Crippen molar-refractivity contribution in [2.24, 2.45) is 0 Å². The maximum atomic E-state index is 12.6. The molecule has 1 aromatic carbocycles. The number of benzene rings is 1. The number of rotatable bonds is 6. The number of aliphatic hydroxyl groups excluding tert-OH is 2. The van der Waals surface area contributed by atoms with Gasteiger partial charge in [0.05, 0.1) is 23.6 Å². The summed E-state index contributed by atoms with van der Waals surface area (Å²) < 4.78 is 33.5. The summed E-state index contributed by atoms with van der Waals surface area (Å²) in [5.41, 5.74) is 0.983. The van der Waals surface area contributed by atoms with Gasteiger partial charge in [0.2, 0.25) is 10.0 Å². The minimum Gasteiger partial charge on any atom is -0.394 e. The highest BCUT2D eigenvalue weighted by Crippen LogP contribution is 2.27. The number of ether oxygens (including phenoxy) is 1. The first-order chi connectivity index (χ1) is 12.8. The van der Waals surface area contributed by atoms with Crippen LogP contribution < -0.4 is 4.72 Å². The van der Waals surface area contributed by atoms with Gasteiger partial charge < -0.3 is 19.8 Å². The fraction of sp³-hybridized carbons (Fsp3) is 0.667. The Balaban J connectivity index is 1.70. The molecule has 3 rings (SSSR count). The maximum absolute atomic E-state index is 12.6. The molecule has 152 valence electrons. The van der Waals surface area contributed by atoms with Crippen molar-refractivity contribution in [3.05, 3.63) is 29.8 Å². The Kier molecular flexibility index (Phi) is 6.52. The van der Waals surface area contributed by atoms with E-state index in [1.807, 2.05) is 14.0 Å². The van der Waals surface area contributed by atoms with Crippen LogP contribution in [-0.2, 0) is 14.8 Å². The fourth-order valence-corrected chi connectivity index (χ4v) is 4.75. The van der Waals surface area contributed by atoms with Gasteiger partial charge in [0.25, 0.3) is 0 Å². The molecule has 2 fully saturated rings. The van der Waals surface area contributed by atoms with Crippen LogP contribution in [0.1, 0.15) is 5.56 Å². The van der Waals surface area contributed by atoms with Crippen LogP contribution >= 0.6 is 0 Å². The quantitative estimate of drug-likeness (QED) is 0.564. The van der Waals surface area contributed by atoms with E-state index in [1.54, 1.807) is 24.3 Å². The second-order valence-electron chi connectivity index (χ2n) is 7.38. The molecule has 0 radical (unpaired) electrons. The highest BCUT2D eigenvalue weighted by Gasteiger charge is 2.46. The minimum absolute atomic E-state index is 0.0424. The second kappa shape index (κ2) is 8.52. The molecule has 1 aromatic rings. The van der Waals surface area contributed by atoms with E-state index in [2.05, 4.69) is 14.5 Å². The summed E-state index contributed by atoms with van der Waals surface area (Å²) in [5.74, 6) is 0. The van der Waals surface area contributed by atoms with E-state index >= 15 is 0 Å². The molecule has 0 spiro atoms. The van der Waals surface area contributed by atoms with Crippen LogP contribution in [0.25, 0.3) is 0 Å². The van der Waals surface area contributed by atoms with Gasteiger partial charge in [-0.15, -0.1) is 0 Å². The Morgan fingerprint density at radius 3 is 2.37 bits per heavy atom. The third kappa shape index (κ3) is 4.68. The molecule has 2 aliphatic rings. The lowest BCUT2D eigenvalue weighted by Crippen LogP contribution is -2.56. The number of sulfonamides is 1. The third-order valence-corrected chi connectivity index (χ3v) is 6.85. The van der Waals surface area contributed by atoms with Crippen LogP contribution in [-0.4, -0.2) is 99.2 Å². The van der Waals surface area contributed by atoms with Crippen molar-refractivity contribution in [3.63, 3.8) is 0 Å². The Hall–Kier alpha value is -1.07. The molecule has 4 unspecified atom stereocenters. The highest BCUT2D eigenvalue weighted by molar-refractivity contribution is 7.89. The molecule has 2 aliphatic heterocycles. The van der Waals surface area contributed by atoms with Crippen LogP contribution in [0.15, 0.2) is 29.2 Å². The number of piperazine rings is 1. The zero-order valence-electron chi connectivity index (χ0n) is 15.8. The van der Waals surface area contributed by atoms with Crippen molar-refractivity contribution in [3.8, 4) is 0 Å². The SMILES string of the molecule is Cc1ccc(S(=O)(=O)NCC2OC(CO)C(O)C2N2CCN(C)CC2)cc1. The van der Waals surface area contributed by atoms with E-state index in [9.17, 15) is 18.6 Å². The Labute approximate surface area is 160 Å². The molecule has 0 amide bonds. The van der Waals surface area contributed by atoms with Crippen molar-refractivity contribution >= 4 is 10.0 Å². The van der Waals surface area contributed by atoms with Crippen molar-refractivity contribution in [1.82, 2.24) is 14.5 Å². The molecule has 0 saturated carbocycles. The van der Waals surface area contributed by atoms with E-state index in [0.29, 0.717) is 0 Å². The lowest BCUT2D eigenvalue weighted by molar-refractivity contribution is -0.0201. The van der Waals surface area contributed by atoms with Crippen molar-refractivity contribution < 1.29 is 23.4 Å². The molecular weight excluding hydrogens is 370 g/mol. The Bertz CT molecular complexity index is 719. The number of aryl methyl sites for hydroxylation is 1. The molecular formula is C18H29N3O5S. The van der Waals surface area contributed by atoms with Gasteiger partial charge in [0.15, 0.2) is 0 Å². The standard InChI is InChI=1S/C18H29N3O5S/c1-13-3-5-14(6-4-13)27(24,25)19-11-15-17(18(23)16(12-22)26-15)21-9-7-20(2)8-10-21/h3-6,15-19,22-23H,7-12H2,1-2H3. The predicted octanol–water partition coefficient (Wildman–Crippen LogP) is -0.990. The first-order valence-electron chi connectivity index (χ1n) is 9.25. The zero-order valence-corrected chi connectivity index (χ0v) is 16.6. The molecule has 0 aliphatic carbocycles. The fourth-order valence-electron chi connectivity index (χ4n) is 3.71. The Morgan fingerprint density at radius 1 is 1.15 bits per heavy atom. The second-order valence-corrected chi connectivity index (χ2v) is 9.15. The van der Waals surface area contributed by atoms with Gasteiger partial charge in [-0.25, -0.2) is 13.1 Å². The summed E-state index contributed by atoms with van der Waals surface area (Å²) in [6, 6.07) is 6.28. The maximum Gasteiger partial charge on any atom is 0.240 e. The largest absolute Gasteiger partial charge is 0.394 e. The normalized spacial score (nSPS) is 30.7. The van der Waals surface area contributed by atoms with Crippen molar-refractivity contribution in [2.75, 3.05) is 46.4 Å². The molecule has 4 atom stereocenters. The first kappa shape index (κ1) is 20.7. The van der Waals surface area contributed by atoms with E-state index in [0.717, 1.165) is 31.7 Å². The summed E-state index contributed by atoms with van der Waals surface area (Å²) in [7, 11) is -1.63. The van der Waals surface area contributed by atoms with Crippen molar-refractivity contribution in [2.45, 2.75) is 36.2 Å². The van der Waals surface area contributed by atoms with Crippen molar-refractivity contribution in [1.29, 1.82) is 0 Å². The molecule has 8 nitrogen and oxygen atoms in total. The van der Waals surface area contributed by atoms with E-state index in [4.69, 9.17) is 4.74 Å². The van der Waals surface area contributed by atoms with Gasteiger partial charge in [-0.3, -0.25) is 4.90 Å². The van der Waals surface area contributed by atoms with Crippen LogP contribution in [0.5, 0.6) is 0 Å². The number of aliphatic hydroxyl groups is 2. The van der Waals surface area contributed by atoms with Gasteiger partial charge >= 0.3 is 0 Å². The van der Waals surface area contributed by atoms with Crippen LogP contribution in [0.2, 0.25) is 0 Å². The summed E-state index contributed by atoms with van der Waals surface area (Å²) in [5, 5.41) is 20.1. The van der Waals surface area contributed by atoms with Gasteiger partial charge in [0, 0.05) is 32.7 Å². The van der Waals surface area contributed by atoms with Gasteiger partial charge in [-0.1, -0.05) is 17.7 Å². The summed E-state index contributed by atoms with van der Waals surface area (Å²) in [6.45, 7) is 4.91. The van der Waals surface area contributed by atoms with Gasteiger partial charge in [-0.2, -0.15) is 0 Å². The first-order valence-corrected chi connectivity index (χ1v) is 10.7. The summed E-state index contributed by atoms with van der Waals surface area (Å²) in [4.78, 5) is 4.53. The van der Waals surface area contributed by atoms with Crippen LogP contribution in [0.3, 0.4) is 0 Å².